The second-order valence-electron chi connectivity index (χ2n) is 3.55. The summed E-state index contributed by atoms with van der Waals surface area (Å²) in [5.41, 5.74) is 0. The molecule has 1 rings (SSSR count). The summed E-state index contributed by atoms with van der Waals surface area (Å²) in [7, 11) is 2.16. The molecule has 1 amide bonds. The number of carbonyl (C=O) groups excluding carboxylic acids is 1. The maximum absolute atomic E-state index is 10.6. The molecule has 0 radical (unpaired) electrons. The van der Waals surface area contributed by atoms with Crippen LogP contribution in [-0.2, 0) is 4.79 Å². The van der Waals surface area contributed by atoms with Crippen molar-refractivity contribution in [1.82, 2.24) is 10.2 Å². The van der Waals surface area contributed by atoms with Crippen LogP contribution in [0.25, 0.3) is 0 Å². The van der Waals surface area contributed by atoms with Gasteiger partial charge in [0.25, 0.3) is 0 Å². The highest BCUT2D eigenvalue weighted by atomic mass is 16.1. The van der Waals surface area contributed by atoms with E-state index in [1.54, 1.807) is 6.92 Å². The summed E-state index contributed by atoms with van der Waals surface area (Å²) in [5.74, 6) is 0.0793. The standard InChI is InChI=1S/C9H18N2O.2C2H6/c1-8(12)10-6-5-9-4-3-7-11(9)2;2*1-2/h9H,3-7H2,1-2H3,(H,10,12);2*1-2H3. The number of carbonyl (C=O) groups is 1. The molecule has 1 fully saturated rings. The lowest BCUT2D eigenvalue weighted by molar-refractivity contribution is -0.119. The van der Waals surface area contributed by atoms with Crippen molar-refractivity contribution in [2.45, 2.75) is 59.9 Å². The van der Waals surface area contributed by atoms with Gasteiger partial charge in [0.15, 0.2) is 0 Å². The Labute approximate surface area is 102 Å². The molecule has 1 unspecified atom stereocenters. The molecule has 0 bridgehead atoms. The quantitative estimate of drug-likeness (QED) is 0.808. The van der Waals surface area contributed by atoms with Gasteiger partial charge >= 0.3 is 0 Å². The third-order valence-corrected chi connectivity index (χ3v) is 2.52. The van der Waals surface area contributed by atoms with Gasteiger partial charge in [-0.1, -0.05) is 27.7 Å². The highest BCUT2D eigenvalue weighted by Crippen LogP contribution is 2.16. The van der Waals surface area contributed by atoms with Crippen molar-refractivity contribution in [2.75, 3.05) is 20.1 Å². The molecular formula is C13H30N2O. The Balaban J connectivity index is 0. The molecule has 0 aromatic heterocycles. The van der Waals surface area contributed by atoms with Crippen LogP contribution in [0.15, 0.2) is 0 Å². The Bertz CT molecular complexity index is 160. The van der Waals surface area contributed by atoms with E-state index in [1.807, 2.05) is 27.7 Å². The van der Waals surface area contributed by atoms with E-state index in [-0.39, 0.29) is 5.91 Å². The molecule has 3 heteroatoms. The van der Waals surface area contributed by atoms with Gasteiger partial charge in [-0.2, -0.15) is 0 Å². The van der Waals surface area contributed by atoms with Crippen molar-refractivity contribution in [3.05, 3.63) is 0 Å². The molecule has 98 valence electrons. The van der Waals surface area contributed by atoms with Crippen LogP contribution in [0.4, 0.5) is 0 Å². The molecule has 0 aromatic carbocycles. The third kappa shape index (κ3) is 8.72. The molecule has 1 aliphatic rings. The minimum atomic E-state index is 0.0793. The van der Waals surface area contributed by atoms with E-state index in [0.717, 1.165) is 13.0 Å². The smallest absolute Gasteiger partial charge is 0.216 e. The van der Waals surface area contributed by atoms with Crippen LogP contribution in [0.1, 0.15) is 53.9 Å². The number of nitrogens with one attached hydrogen (secondary N) is 1. The molecule has 1 atom stereocenters. The molecule has 1 N–H and O–H groups in total. The molecule has 1 saturated heterocycles. The summed E-state index contributed by atoms with van der Waals surface area (Å²) < 4.78 is 0. The highest BCUT2D eigenvalue weighted by Gasteiger charge is 2.19. The molecular weight excluding hydrogens is 200 g/mol. The number of likely N-dealkylation sites (tertiary alicyclic amines) is 1. The topological polar surface area (TPSA) is 32.3 Å². The highest BCUT2D eigenvalue weighted by molar-refractivity contribution is 5.72. The second kappa shape index (κ2) is 12.5. The van der Waals surface area contributed by atoms with Gasteiger partial charge in [-0.05, 0) is 32.9 Å². The number of amides is 1. The van der Waals surface area contributed by atoms with Crippen molar-refractivity contribution < 1.29 is 4.79 Å². The SMILES string of the molecule is CC.CC.CC(=O)NCCC1CCCN1C. The first kappa shape index (κ1) is 17.8. The predicted octanol–water partition coefficient (Wildman–Crippen LogP) is 2.66. The van der Waals surface area contributed by atoms with Gasteiger partial charge < -0.3 is 10.2 Å². The van der Waals surface area contributed by atoms with Crippen LogP contribution in [0, 0.1) is 0 Å². The summed E-state index contributed by atoms with van der Waals surface area (Å²) in [6, 6.07) is 0.692. The summed E-state index contributed by atoms with van der Waals surface area (Å²) in [5, 5.41) is 2.83. The number of hydrogen-bond donors (Lipinski definition) is 1. The van der Waals surface area contributed by atoms with E-state index in [9.17, 15) is 4.79 Å². The van der Waals surface area contributed by atoms with E-state index < -0.39 is 0 Å². The van der Waals surface area contributed by atoms with E-state index in [0.29, 0.717) is 6.04 Å². The zero-order valence-electron chi connectivity index (χ0n) is 12.0. The Morgan fingerprint density at radius 1 is 1.31 bits per heavy atom. The molecule has 0 aliphatic carbocycles. The van der Waals surface area contributed by atoms with E-state index in [2.05, 4.69) is 17.3 Å². The Morgan fingerprint density at radius 3 is 2.25 bits per heavy atom. The maximum atomic E-state index is 10.6. The number of nitrogens with zero attached hydrogens (tertiary/aromatic N) is 1. The summed E-state index contributed by atoms with van der Waals surface area (Å²) in [6.07, 6.45) is 3.69. The third-order valence-electron chi connectivity index (χ3n) is 2.52. The first-order chi connectivity index (χ1) is 7.70. The first-order valence-corrected chi connectivity index (χ1v) is 6.65. The average molecular weight is 230 g/mol. The molecule has 16 heavy (non-hydrogen) atoms. The summed E-state index contributed by atoms with van der Waals surface area (Å²) in [6.45, 7) is 11.6. The van der Waals surface area contributed by atoms with Crippen molar-refractivity contribution in [3.63, 3.8) is 0 Å². The lowest BCUT2D eigenvalue weighted by atomic mass is 10.1. The maximum Gasteiger partial charge on any atom is 0.216 e. The molecule has 1 aliphatic heterocycles. The molecule has 0 aromatic rings. The fraction of sp³-hybridized carbons (Fsp3) is 0.923. The number of hydrogen-bond acceptors (Lipinski definition) is 2. The van der Waals surface area contributed by atoms with Crippen LogP contribution < -0.4 is 5.32 Å². The van der Waals surface area contributed by atoms with Gasteiger partial charge in [-0.15, -0.1) is 0 Å². The Kier molecular flexibility index (Phi) is 13.9. The largest absolute Gasteiger partial charge is 0.356 e. The summed E-state index contributed by atoms with van der Waals surface area (Å²) in [4.78, 5) is 13.0. The number of rotatable bonds is 3. The Morgan fingerprint density at radius 2 is 1.88 bits per heavy atom. The first-order valence-electron chi connectivity index (χ1n) is 6.65. The fourth-order valence-corrected chi connectivity index (χ4v) is 1.76. The zero-order chi connectivity index (χ0) is 13.0. The zero-order valence-corrected chi connectivity index (χ0v) is 12.0. The van der Waals surface area contributed by atoms with E-state index in [1.165, 1.54) is 19.4 Å². The minimum Gasteiger partial charge on any atom is -0.356 e. The van der Waals surface area contributed by atoms with Crippen LogP contribution >= 0.6 is 0 Å². The van der Waals surface area contributed by atoms with Gasteiger partial charge in [-0.3, -0.25) is 4.79 Å². The normalized spacial score (nSPS) is 19.0. The van der Waals surface area contributed by atoms with Crippen LogP contribution in [0.5, 0.6) is 0 Å². The van der Waals surface area contributed by atoms with Gasteiger partial charge in [0.1, 0.15) is 0 Å². The monoisotopic (exact) mass is 230 g/mol. The van der Waals surface area contributed by atoms with Crippen molar-refractivity contribution in [2.24, 2.45) is 0 Å². The summed E-state index contributed by atoms with van der Waals surface area (Å²) >= 11 is 0. The van der Waals surface area contributed by atoms with E-state index in [4.69, 9.17) is 0 Å². The van der Waals surface area contributed by atoms with Gasteiger partial charge in [0, 0.05) is 19.5 Å². The van der Waals surface area contributed by atoms with Crippen molar-refractivity contribution in [3.8, 4) is 0 Å². The van der Waals surface area contributed by atoms with Gasteiger partial charge in [0.05, 0.1) is 0 Å². The molecule has 3 nitrogen and oxygen atoms in total. The van der Waals surface area contributed by atoms with Gasteiger partial charge in [0.2, 0.25) is 5.91 Å². The van der Waals surface area contributed by atoms with Crippen molar-refractivity contribution >= 4 is 5.91 Å². The fourth-order valence-electron chi connectivity index (χ4n) is 1.76. The molecule has 0 spiro atoms. The molecule has 1 heterocycles. The second-order valence-corrected chi connectivity index (χ2v) is 3.55. The van der Waals surface area contributed by atoms with Crippen LogP contribution in [0.3, 0.4) is 0 Å². The average Bonchev–Trinajstić information content (AvgIpc) is 2.70. The predicted molar refractivity (Wildman–Crippen MR) is 71.6 cm³/mol. The minimum absolute atomic E-state index is 0.0793. The van der Waals surface area contributed by atoms with E-state index >= 15 is 0 Å². The lowest BCUT2D eigenvalue weighted by Crippen LogP contribution is -2.30. The van der Waals surface area contributed by atoms with Crippen LogP contribution in [0.2, 0.25) is 0 Å². The van der Waals surface area contributed by atoms with Gasteiger partial charge in [-0.25, -0.2) is 0 Å². The Hall–Kier alpha value is -0.570. The van der Waals surface area contributed by atoms with Crippen molar-refractivity contribution in [1.29, 1.82) is 0 Å². The van der Waals surface area contributed by atoms with Crippen LogP contribution in [-0.4, -0.2) is 37.0 Å². The lowest BCUT2D eigenvalue weighted by Gasteiger charge is -2.18. The molecule has 0 saturated carbocycles.